The second-order valence-corrected chi connectivity index (χ2v) is 4.30. The monoisotopic (exact) mass is 251 g/mol. The van der Waals surface area contributed by atoms with Crippen molar-refractivity contribution >= 4 is 22.9 Å². The Balaban J connectivity index is 2.07. The molecule has 0 saturated heterocycles. The van der Waals surface area contributed by atoms with E-state index in [1.54, 1.807) is 17.8 Å². The van der Waals surface area contributed by atoms with E-state index >= 15 is 0 Å². The van der Waals surface area contributed by atoms with Crippen LogP contribution in [0.3, 0.4) is 0 Å². The minimum absolute atomic E-state index is 0.384. The van der Waals surface area contributed by atoms with Crippen LogP contribution in [-0.4, -0.2) is 10.9 Å². The van der Waals surface area contributed by atoms with Crippen LogP contribution in [0.5, 0.6) is 0 Å². The Kier molecular flexibility index (Phi) is 3.46. The lowest BCUT2D eigenvalue weighted by atomic mass is 10.2. The third kappa shape index (κ3) is 2.86. The number of carbonyl (C=O) groups excluding carboxylic acids is 1. The summed E-state index contributed by atoms with van der Waals surface area (Å²) in [5, 5.41) is 2.55. The molecule has 1 atom stereocenters. The van der Waals surface area contributed by atoms with E-state index in [0.717, 1.165) is 0 Å². The lowest BCUT2D eigenvalue weighted by Gasteiger charge is -2.10. The van der Waals surface area contributed by atoms with Gasteiger partial charge in [0.25, 0.3) is 0 Å². The fourth-order valence-corrected chi connectivity index (χ4v) is 1.91. The van der Waals surface area contributed by atoms with Crippen molar-refractivity contribution in [3.05, 3.63) is 46.7 Å². The number of halogens is 1. The number of hydrogen-bond donors (Lipinski definition) is 2. The zero-order chi connectivity index (χ0) is 12.3. The molecule has 0 spiro atoms. The van der Waals surface area contributed by atoms with Crippen LogP contribution < -0.4 is 11.1 Å². The number of amides is 1. The van der Waals surface area contributed by atoms with Crippen LogP contribution in [0.2, 0.25) is 0 Å². The number of hydrogen-bond acceptors (Lipinski definition) is 4. The van der Waals surface area contributed by atoms with Crippen LogP contribution >= 0.6 is 11.3 Å². The van der Waals surface area contributed by atoms with E-state index < -0.39 is 11.9 Å². The second kappa shape index (κ2) is 5.03. The first kappa shape index (κ1) is 11.7. The molecule has 0 aliphatic rings. The summed E-state index contributed by atoms with van der Waals surface area (Å²) in [4.78, 5) is 16.3. The summed E-state index contributed by atoms with van der Waals surface area (Å²) in [5.41, 5.74) is 7.72. The second-order valence-electron chi connectivity index (χ2n) is 3.38. The Morgan fingerprint density at radius 1 is 1.53 bits per heavy atom. The molecule has 1 heterocycles. The van der Waals surface area contributed by atoms with Gasteiger partial charge < -0.3 is 11.1 Å². The SMILES string of the molecule is NC(C(=O)Nc1cccc(F)c1)c1cncs1. The Morgan fingerprint density at radius 3 is 3.00 bits per heavy atom. The predicted molar refractivity (Wildman–Crippen MR) is 64.1 cm³/mol. The third-order valence-electron chi connectivity index (χ3n) is 2.13. The summed E-state index contributed by atoms with van der Waals surface area (Å²) >= 11 is 1.30. The Labute approximate surface area is 101 Å². The van der Waals surface area contributed by atoms with E-state index in [4.69, 9.17) is 5.73 Å². The standard InChI is InChI=1S/C11H10FN3OS/c12-7-2-1-3-8(4-7)15-11(16)10(13)9-5-14-6-17-9/h1-6,10H,13H2,(H,15,16). The predicted octanol–water partition coefficient (Wildman–Crippen LogP) is 1.92. The van der Waals surface area contributed by atoms with Gasteiger partial charge in [0.15, 0.2) is 0 Å². The van der Waals surface area contributed by atoms with Crippen LogP contribution in [0.1, 0.15) is 10.9 Å². The summed E-state index contributed by atoms with van der Waals surface area (Å²) in [6.45, 7) is 0. The van der Waals surface area contributed by atoms with Crippen LogP contribution in [-0.2, 0) is 4.79 Å². The first-order valence-corrected chi connectivity index (χ1v) is 5.75. The van der Waals surface area contributed by atoms with Gasteiger partial charge in [-0.15, -0.1) is 11.3 Å². The molecule has 1 aromatic carbocycles. The van der Waals surface area contributed by atoms with Gasteiger partial charge in [0.05, 0.1) is 10.4 Å². The van der Waals surface area contributed by atoms with Gasteiger partial charge in [-0.2, -0.15) is 0 Å². The molecule has 88 valence electrons. The fraction of sp³-hybridized carbons (Fsp3) is 0.0909. The molecule has 17 heavy (non-hydrogen) atoms. The van der Waals surface area contributed by atoms with Crippen LogP contribution in [0.4, 0.5) is 10.1 Å². The number of nitrogens with one attached hydrogen (secondary N) is 1. The minimum atomic E-state index is -0.786. The van der Waals surface area contributed by atoms with Gasteiger partial charge in [-0.05, 0) is 18.2 Å². The first-order valence-electron chi connectivity index (χ1n) is 4.87. The van der Waals surface area contributed by atoms with Crippen molar-refractivity contribution in [2.24, 2.45) is 5.73 Å². The van der Waals surface area contributed by atoms with Crippen molar-refractivity contribution in [1.82, 2.24) is 4.98 Å². The number of carbonyl (C=O) groups is 1. The molecule has 1 unspecified atom stereocenters. The number of benzene rings is 1. The number of thiazole rings is 1. The topological polar surface area (TPSA) is 68.0 Å². The highest BCUT2D eigenvalue weighted by Gasteiger charge is 2.17. The number of nitrogens with zero attached hydrogens (tertiary/aromatic N) is 1. The van der Waals surface area contributed by atoms with Gasteiger partial charge in [0.2, 0.25) is 5.91 Å². The first-order chi connectivity index (χ1) is 8.16. The summed E-state index contributed by atoms with van der Waals surface area (Å²) < 4.78 is 12.9. The molecule has 0 saturated carbocycles. The van der Waals surface area contributed by atoms with Gasteiger partial charge >= 0.3 is 0 Å². The van der Waals surface area contributed by atoms with E-state index in [0.29, 0.717) is 10.6 Å². The van der Waals surface area contributed by atoms with Gasteiger partial charge in [-0.3, -0.25) is 9.78 Å². The van der Waals surface area contributed by atoms with E-state index in [-0.39, 0.29) is 5.91 Å². The summed E-state index contributed by atoms with van der Waals surface area (Å²) in [6, 6.07) is 4.87. The summed E-state index contributed by atoms with van der Waals surface area (Å²) in [7, 11) is 0. The maximum absolute atomic E-state index is 12.9. The van der Waals surface area contributed by atoms with E-state index in [9.17, 15) is 9.18 Å². The quantitative estimate of drug-likeness (QED) is 0.875. The molecule has 6 heteroatoms. The Morgan fingerprint density at radius 2 is 2.35 bits per heavy atom. The molecule has 0 bridgehead atoms. The Hall–Kier alpha value is -1.79. The molecule has 2 rings (SSSR count). The van der Waals surface area contributed by atoms with E-state index in [1.807, 2.05) is 0 Å². The zero-order valence-corrected chi connectivity index (χ0v) is 9.58. The molecule has 4 nitrogen and oxygen atoms in total. The zero-order valence-electron chi connectivity index (χ0n) is 8.76. The highest BCUT2D eigenvalue weighted by Crippen LogP contribution is 2.17. The minimum Gasteiger partial charge on any atom is -0.324 e. The molecule has 0 radical (unpaired) electrons. The largest absolute Gasteiger partial charge is 0.324 e. The van der Waals surface area contributed by atoms with Gasteiger partial charge in [-0.25, -0.2) is 4.39 Å². The normalized spacial score (nSPS) is 12.1. The van der Waals surface area contributed by atoms with Crippen LogP contribution in [0.25, 0.3) is 0 Å². The average Bonchev–Trinajstić information content (AvgIpc) is 2.81. The molecule has 1 amide bonds. The van der Waals surface area contributed by atoms with E-state index in [1.165, 1.54) is 29.5 Å². The maximum Gasteiger partial charge on any atom is 0.246 e. The summed E-state index contributed by atoms with van der Waals surface area (Å²) in [5.74, 6) is -0.797. The highest BCUT2D eigenvalue weighted by molar-refractivity contribution is 7.09. The number of rotatable bonds is 3. The molecule has 1 aromatic heterocycles. The smallest absolute Gasteiger partial charge is 0.246 e. The maximum atomic E-state index is 12.9. The number of anilines is 1. The van der Waals surface area contributed by atoms with Gasteiger partial charge in [0, 0.05) is 11.9 Å². The molecule has 0 fully saturated rings. The fourth-order valence-electron chi connectivity index (χ4n) is 1.29. The Bertz CT molecular complexity index is 515. The average molecular weight is 251 g/mol. The molecule has 0 aliphatic carbocycles. The third-order valence-corrected chi connectivity index (χ3v) is 2.99. The van der Waals surface area contributed by atoms with E-state index in [2.05, 4.69) is 10.3 Å². The molecular weight excluding hydrogens is 241 g/mol. The summed E-state index contributed by atoms with van der Waals surface area (Å²) in [6.07, 6.45) is 1.54. The van der Waals surface area contributed by atoms with Crippen molar-refractivity contribution in [2.45, 2.75) is 6.04 Å². The van der Waals surface area contributed by atoms with Crippen molar-refractivity contribution in [3.8, 4) is 0 Å². The number of nitrogens with two attached hydrogens (primary N) is 1. The van der Waals surface area contributed by atoms with Crippen LogP contribution in [0, 0.1) is 5.82 Å². The van der Waals surface area contributed by atoms with Crippen molar-refractivity contribution in [3.63, 3.8) is 0 Å². The van der Waals surface area contributed by atoms with Crippen LogP contribution in [0.15, 0.2) is 36.0 Å². The highest BCUT2D eigenvalue weighted by atomic mass is 32.1. The number of aromatic nitrogens is 1. The van der Waals surface area contributed by atoms with Crippen molar-refractivity contribution in [1.29, 1.82) is 0 Å². The molecule has 0 aliphatic heterocycles. The van der Waals surface area contributed by atoms with Crippen molar-refractivity contribution < 1.29 is 9.18 Å². The molecular formula is C11H10FN3OS. The lowest BCUT2D eigenvalue weighted by molar-refractivity contribution is -0.117. The lowest BCUT2D eigenvalue weighted by Crippen LogP contribution is -2.27. The van der Waals surface area contributed by atoms with Gasteiger partial charge in [-0.1, -0.05) is 6.07 Å². The van der Waals surface area contributed by atoms with Gasteiger partial charge in [0.1, 0.15) is 11.9 Å². The van der Waals surface area contributed by atoms with Crippen molar-refractivity contribution in [2.75, 3.05) is 5.32 Å². The molecule has 2 aromatic rings. The molecule has 3 N–H and O–H groups in total.